The van der Waals surface area contributed by atoms with Gasteiger partial charge in [-0.05, 0) is 37.7 Å². The molecule has 1 amide bonds. The van der Waals surface area contributed by atoms with Crippen LogP contribution in [-0.4, -0.2) is 49.3 Å². The van der Waals surface area contributed by atoms with E-state index in [4.69, 9.17) is 4.74 Å². The number of benzene rings is 1. The van der Waals surface area contributed by atoms with E-state index >= 15 is 0 Å². The van der Waals surface area contributed by atoms with Crippen LogP contribution in [0.15, 0.2) is 30.3 Å². The van der Waals surface area contributed by atoms with E-state index in [9.17, 15) is 9.90 Å². The van der Waals surface area contributed by atoms with Gasteiger partial charge in [0.25, 0.3) is 0 Å². The molecule has 1 aromatic rings. The zero-order valence-electron chi connectivity index (χ0n) is 15.4. The van der Waals surface area contributed by atoms with Gasteiger partial charge < -0.3 is 14.7 Å². The molecular weight excluding hydrogens is 314 g/mol. The van der Waals surface area contributed by atoms with E-state index in [-0.39, 0.29) is 23.3 Å². The highest BCUT2D eigenvalue weighted by molar-refractivity contribution is 5.88. The van der Waals surface area contributed by atoms with E-state index in [2.05, 4.69) is 12.1 Å². The van der Waals surface area contributed by atoms with Gasteiger partial charge in [0.05, 0.1) is 12.0 Å². The van der Waals surface area contributed by atoms with Crippen molar-refractivity contribution in [2.24, 2.45) is 5.41 Å². The lowest BCUT2D eigenvalue weighted by Gasteiger charge is -2.45. The smallest absolute Gasteiger partial charge is 0.233 e. The molecule has 25 heavy (non-hydrogen) atoms. The Morgan fingerprint density at radius 3 is 2.52 bits per heavy atom. The monoisotopic (exact) mass is 345 g/mol. The predicted octanol–water partition coefficient (Wildman–Crippen LogP) is 3.14. The molecule has 1 saturated heterocycles. The Hall–Kier alpha value is -1.39. The Morgan fingerprint density at radius 2 is 1.88 bits per heavy atom. The number of nitrogens with zero attached hydrogens (tertiary/aromatic N) is 1. The third kappa shape index (κ3) is 3.61. The Bertz CT molecular complexity index is 568. The number of likely N-dealkylation sites (tertiary alicyclic amines) is 1. The number of aliphatic hydroxyl groups is 1. The molecule has 1 aliphatic carbocycles. The van der Waals surface area contributed by atoms with Crippen LogP contribution in [-0.2, 0) is 14.9 Å². The lowest BCUT2D eigenvalue weighted by Crippen LogP contribution is -2.53. The first-order valence-corrected chi connectivity index (χ1v) is 9.61. The topological polar surface area (TPSA) is 49.8 Å². The molecular formula is C21H31NO3. The number of rotatable bonds is 6. The summed E-state index contributed by atoms with van der Waals surface area (Å²) >= 11 is 0. The van der Waals surface area contributed by atoms with Gasteiger partial charge in [-0.25, -0.2) is 0 Å². The molecule has 1 N–H and O–H groups in total. The van der Waals surface area contributed by atoms with Crippen LogP contribution in [0.4, 0.5) is 0 Å². The van der Waals surface area contributed by atoms with Gasteiger partial charge >= 0.3 is 0 Å². The normalized spacial score (nSPS) is 25.9. The average molecular weight is 345 g/mol. The van der Waals surface area contributed by atoms with Crippen molar-refractivity contribution in [3.05, 3.63) is 35.9 Å². The number of hydrogen-bond donors (Lipinski definition) is 1. The SMILES string of the molecule is COCC[C@@]1(CO)CCCN(C(=O)C2(c3ccccc3)CCCC2)C1. The zero-order valence-corrected chi connectivity index (χ0v) is 15.4. The summed E-state index contributed by atoms with van der Waals surface area (Å²) in [6.07, 6.45) is 6.84. The molecule has 0 radical (unpaired) electrons. The molecule has 0 unspecified atom stereocenters. The molecule has 4 nitrogen and oxygen atoms in total. The largest absolute Gasteiger partial charge is 0.396 e. The third-order valence-corrected chi connectivity index (χ3v) is 6.31. The van der Waals surface area contributed by atoms with Crippen molar-refractivity contribution in [1.29, 1.82) is 0 Å². The summed E-state index contributed by atoms with van der Waals surface area (Å²) in [4.78, 5) is 15.6. The van der Waals surface area contributed by atoms with Crippen LogP contribution in [0.3, 0.4) is 0 Å². The van der Waals surface area contributed by atoms with Crippen molar-refractivity contribution in [3.63, 3.8) is 0 Å². The lowest BCUT2D eigenvalue weighted by atomic mass is 9.74. The maximum absolute atomic E-state index is 13.6. The highest BCUT2D eigenvalue weighted by atomic mass is 16.5. The van der Waals surface area contributed by atoms with E-state index in [1.54, 1.807) is 7.11 Å². The van der Waals surface area contributed by atoms with E-state index in [1.165, 1.54) is 0 Å². The minimum Gasteiger partial charge on any atom is -0.396 e. The van der Waals surface area contributed by atoms with Crippen LogP contribution in [0.5, 0.6) is 0 Å². The number of methoxy groups -OCH3 is 1. The van der Waals surface area contributed by atoms with Crippen LogP contribution >= 0.6 is 0 Å². The Kier molecular flexibility index (Phi) is 5.80. The van der Waals surface area contributed by atoms with Gasteiger partial charge in [0, 0.05) is 32.2 Å². The van der Waals surface area contributed by atoms with Gasteiger partial charge in [-0.1, -0.05) is 43.2 Å². The van der Waals surface area contributed by atoms with E-state index in [1.807, 2.05) is 23.1 Å². The zero-order chi connectivity index (χ0) is 17.8. The summed E-state index contributed by atoms with van der Waals surface area (Å²) < 4.78 is 5.24. The van der Waals surface area contributed by atoms with Crippen LogP contribution in [0.25, 0.3) is 0 Å². The third-order valence-electron chi connectivity index (χ3n) is 6.31. The van der Waals surface area contributed by atoms with E-state index < -0.39 is 0 Å². The maximum atomic E-state index is 13.6. The standard InChI is InChI=1S/C21H31NO3/c1-25-15-13-20(17-23)10-7-14-22(16-20)19(24)21(11-5-6-12-21)18-8-3-2-4-9-18/h2-4,8-9,23H,5-7,10-17H2,1H3/t20-/m0/s1. The fourth-order valence-corrected chi connectivity index (χ4v) is 4.78. The van der Waals surface area contributed by atoms with Crippen LogP contribution in [0.2, 0.25) is 0 Å². The van der Waals surface area contributed by atoms with Gasteiger partial charge in [-0.3, -0.25) is 4.79 Å². The summed E-state index contributed by atoms with van der Waals surface area (Å²) in [6.45, 7) is 2.22. The molecule has 2 fully saturated rings. The fraction of sp³-hybridized carbons (Fsp3) is 0.667. The highest BCUT2D eigenvalue weighted by Gasteiger charge is 2.47. The van der Waals surface area contributed by atoms with Gasteiger partial charge in [-0.15, -0.1) is 0 Å². The molecule has 1 aliphatic heterocycles. The number of ether oxygens (including phenoxy) is 1. The van der Waals surface area contributed by atoms with Crippen molar-refractivity contribution >= 4 is 5.91 Å². The summed E-state index contributed by atoms with van der Waals surface area (Å²) in [6, 6.07) is 10.3. The second-order valence-electron chi connectivity index (χ2n) is 7.89. The van der Waals surface area contributed by atoms with Gasteiger partial charge in [-0.2, -0.15) is 0 Å². The van der Waals surface area contributed by atoms with Crippen molar-refractivity contribution in [2.45, 2.75) is 50.4 Å². The number of hydrogen-bond acceptors (Lipinski definition) is 3. The van der Waals surface area contributed by atoms with Crippen molar-refractivity contribution < 1.29 is 14.6 Å². The first-order valence-electron chi connectivity index (χ1n) is 9.61. The van der Waals surface area contributed by atoms with E-state index in [0.717, 1.165) is 57.1 Å². The Morgan fingerprint density at radius 1 is 1.16 bits per heavy atom. The summed E-state index contributed by atoms with van der Waals surface area (Å²) in [7, 11) is 1.69. The summed E-state index contributed by atoms with van der Waals surface area (Å²) in [5.74, 6) is 0.270. The van der Waals surface area contributed by atoms with Gasteiger partial charge in [0.15, 0.2) is 0 Å². The molecule has 4 heteroatoms. The van der Waals surface area contributed by atoms with Gasteiger partial charge in [0.2, 0.25) is 5.91 Å². The Balaban J connectivity index is 1.83. The van der Waals surface area contributed by atoms with Crippen LogP contribution in [0.1, 0.15) is 50.5 Å². The summed E-state index contributed by atoms with van der Waals surface area (Å²) in [5.41, 5.74) is 0.594. The van der Waals surface area contributed by atoms with Crippen LogP contribution < -0.4 is 0 Å². The average Bonchev–Trinajstić information content (AvgIpc) is 3.18. The second kappa shape index (κ2) is 7.88. The lowest BCUT2D eigenvalue weighted by molar-refractivity contribution is -0.142. The first-order chi connectivity index (χ1) is 12.2. The molecule has 0 aromatic heterocycles. The van der Waals surface area contributed by atoms with Crippen molar-refractivity contribution in [2.75, 3.05) is 33.4 Å². The molecule has 1 aromatic carbocycles. The quantitative estimate of drug-likeness (QED) is 0.862. The minimum absolute atomic E-state index is 0.123. The number of aliphatic hydroxyl groups excluding tert-OH is 1. The molecule has 0 spiro atoms. The first kappa shape index (κ1) is 18.4. The molecule has 1 heterocycles. The highest BCUT2D eigenvalue weighted by Crippen LogP contribution is 2.44. The fourth-order valence-electron chi connectivity index (χ4n) is 4.78. The van der Waals surface area contributed by atoms with Crippen molar-refractivity contribution in [3.8, 4) is 0 Å². The molecule has 0 bridgehead atoms. The predicted molar refractivity (Wildman–Crippen MR) is 98.4 cm³/mol. The summed E-state index contributed by atoms with van der Waals surface area (Å²) in [5, 5.41) is 10.0. The van der Waals surface area contributed by atoms with Gasteiger partial charge in [0.1, 0.15) is 0 Å². The van der Waals surface area contributed by atoms with Crippen molar-refractivity contribution in [1.82, 2.24) is 4.90 Å². The minimum atomic E-state index is -0.360. The number of piperidine rings is 1. The molecule has 2 aliphatic rings. The molecule has 1 atom stereocenters. The number of carbonyl (C=O) groups excluding carboxylic acids is 1. The molecule has 3 rings (SSSR count). The molecule has 138 valence electrons. The second-order valence-corrected chi connectivity index (χ2v) is 7.89. The van der Waals surface area contributed by atoms with Crippen LogP contribution in [0, 0.1) is 5.41 Å². The maximum Gasteiger partial charge on any atom is 0.233 e. The molecule has 1 saturated carbocycles. The Labute approximate surface area is 151 Å². The number of amides is 1. The number of carbonyl (C=O) groups is 1. The van der Waals surface area contributed by atoms with E-state index in [0.29, 0.717) is 13.2 Å².